The Morgan fingerprint density at radius 3 is 2.50 bits per heavy atom. The molecular weight excluding hydrogens is 455 g/mol. The Hall–Kier alpha value is -3.31. The Morgan fingerprint density at radius 2 is 1.85 bits per heavy atom. The van der Waals surface area contributed by atoms with Crippen molar-refractivity contribution in [2.45, 2.75) is 39.0 Å². The molecule has 2 aliphatic rings. The summed E-state index contributed by atoms with van der Waals surface area (Å²) in [6.07, 6.45) is -4.72. The zero-order chi connectivity index (χ0) is 24.9. The summed E-state index contributed by atoms with van der Waals surface area (Å²) in [7, 11) is 0. The number of amidine groups is 1. The van der Waals surface area contributed by atoms with Crippen molar-refractivity contribution >= 4 is 23.8 Å². The van der Waals surface area contributed by atoms with Gasteiger partial charge in [0, 0.05) is 31.7 Å². The molecule has 2 amide bonds. The molecule has 0 aliphatic carbocycles. The summed E-state index contributed by atoms with van der Waals surface area (Å²) in [4.78, 5) is 34.3. The van der Waals surface area contributed by atoms with Crippen LogP contribution < -0.4 is 10.1 Å². The number of aliphatic imine (C=N–C) groups is 2. The molecule has 186 valence electrons. The molecule has 1 fully saturated rings. The average Bonchev–Trinajstić information content (AvgIpc) is 3.19. The summed E-state index contributed by atoms with van der Waals surface area (Å²) >= 11 is 0. The van der Waals surface area contributed by atoms with Gasteiger partial charge < -0.3 is 19.7 Å². The fourth-order valence-electron chi connectivity index (χ4n) is 3.33. The van der Waals surface area contributed by atoms with E-state index in [4.69, 9.17) is 9.47 Å². The number of benzene rings is 1. The Bertz CT molecular complexity index is 955. The molecule has 9 nitrogen and oxygen atoms in total. The Kier molecular flexibility index (Phi) is 7.68. The number of rotatable bonds is 5. The lowest BCUT2D eigenvalue weighted by molar-refractivity contribution is -0.169. The first kappa shape index (κ1) is 25.3. The van der Waals surface area contributed by atoms with E-state index in [1.54, 1.807) is 45.0 Å². The number of nitrogens with zero attached hydrogens (tertiary/aromatic N) is 4. The maximum atomic E-state index is 12.6. The number of carbonyl (C=O) groups is 2. The second-order valence-corrected chi connectivity index (χ2v) is 8.72. The van der Waals surface area contributed by atoms with Gasteiger partial charge in [0.05, 0.1) is 6.54 Å². The third kappa shape index (κ3) is 6.84. The van der Waals surface area contributed by atoms with Crippen molar-refractivity contribution in [3.05, 3.63) is 29.8 Å². The molecule has 1 saturated heterocycles. The van der Waals surface area contributed by atoms with Crippen LogP contribution in [0.4, 0.5) is 18.0 Å². The molecule has 0 aromatic heterocycles. The number of ether oxygens (including phenoxy) is 2. The molecule has 0 radical (unpaired) electrons. The number of carbonyl (C=O) groups excluding carboxylic acids is 2. The van der Waals surface area contributed by atoms with Gasteiger partial charge >= 0.3 is 18.2 Å². The van der Waals surface area contributed by atoms with Crippen LogP contribution in [0, 0.1) is 0 Å². The molecule has 2 aliphatic heterocycles. The van der Waals surface area contributed by atoms with Crippen molar-refractivity contribution in [1.82, 2.24) is 15.1 Å². The second-order valence-electron chi connectivity index (χ2n) is 8.72. The Labute approximate surface area is 195 Å². The molecular formula is C22H28F3N5O4. The summed E-state index contributed by atoms with van der Waals surface area (Å²) < 4.78 is 48.5. The van der Waals surface area contributed by atoms with E-state index in [-0.39, 0.29) is 19.1 Å². The van der Waals surface area contributed by atoms with Gasteiger partial charge in [-0.15, -0.1) is 0 Å². The molecule has 1 aromatic carbocycles. The van der Waals surface area contributed by atoms with Gasteiger partial charge in [-0.1, -0.05) is 0 Å². The van der Waals surface area contributed by atoms with Gasteiger partial charge in [0.15, 0.2) is 0 Å². The largest absolute Gasteiger partial charge is 0.492 e. The predicted octanol–water partition coefficient (Wildman–Crippen LogP) is 2.80. The predicted molar refractivity (Wildman–Crippen MR) is 119 cm³/mol. The van der Waals surface area contributed by atoms with E-state index < -0.39 is 23.8 Å². The highest BCUT2D eigenvalue weighted by Crippen LogP contribution is 2.20. The third-order valence-corrected chi connectivity index (χ3v) is 4.83. The first-order chi connectivity index (χ1) is 15.9. The molecule has 34 heavy (non-hydrogen) atoms. The molecule has 2 heterocycles. The van der Waals surface area contributed by atoms with E-state index in [0.29, 0.717) is 37.8 Å². The fourth-order valence-corrected chi connectivity index (χ4v) is 3.33. The van der Waals surface area contributed by atoms with Crippen LogP contribution in [-0.2, 0) is 9.53 Å². The minimum Gasteiger partial charge on any atom is -0.492 e. The maximum Gasteiger partial charge on any atom is 0.473 e. The van der Waals surface area contributed by atoms with E-state index in [2.05, 4.69) is 15.3 Å². The van der Waals surface area contributed by atoms with Crippen molar-refractivity contribution in [2.75, 3.05) is 39.3 Å². The summed E-state index contributed by atoms with van der Waals surface area (Å²) in [5, 5.41) is 2.67. The van der Waals surface area contributed by atoms with Crippen molar-refractivity contribution in [3.8, 4) is 5.75 Å². The van der Waals surface area contributed by atoms with E-state index in [9.17, 15) is 22.8 Å². The fraction of sp³-hybridized carbons (Fsp3) is 0.545. The van der Waals surface area contributed by atoms with Crippen LogP contribution >= 0.6 is 0 Å². The quantitative estimate of drug-likeness (QED) is 0.692. The smallest absolute Gasteiger partial charge is 0.473 e. The number of amides is 2. The van der Waals surface area contributed by atoms with Gasteiger partial charge in [-0.3, -0.25) is 14.7 Å². The Morgan fingerprint density at radius 1 is 1.15 bits per heavy atom. The monoisotopic (exact) mass is 483 g/mol. The van der Waals surface area contributed by atoms with Crippen LogP contribution in [-0.4, -0.2) is 84.7 Å². The summed E-state index contributed by atoms with van der Waals surface area (Å²) in [5.41, 5.74) is 0.119. The van der Waals surface area contributed by atoms with Gasteiger partial charge in [-0.25, -0.2) is 4.79 Å². The summed E-state index contributed by atoms with van der Waals surface area (Å²) in [6.45, 7) is 7.75. The van der Waals surface area contributed by atoms with Crippen LogP contribution in [0.1, 0.15) is 32.8 Å². The van der Waals surface area contributed by atoms with Gasteiger partial charge in [0.25, 0.3) is 0 Å². The molecule has 0 spiro atoms. The second kappa shape index (κ2) is 10.3. The van der Waals surface area contributed by atoms with E-state index in [0.717, 1.165) is 12.0 Å². The lowest BCUT2D eigenvalue weighted by atomic mass is 10.1. The van der Waals surface area contributed by atoms with Gasteiger partial charge in [0.1, 0.15) is 23.8 Å². The number of guanidine groups is 1. The molecule has 0 unspecified atom stereocenters. The van der Waals surface area contributed by atoms with Crippen LogP contribution in [0.5, 0.6) is 5.75 Å². The van der Waals surface area contributed by atoms with E-state index in [1.165, 1.54) is 9.80 Å². The minimum atomic E-state index is -5.01. The van der Waals surface area contributed by atoms with Gasteiger partial charge in [-0.2, -0.15) is 18.2 Å². The van der Waals surface area contributed by atoms with Crippen molar-refractivity contribution in [2.24, 2.45) is 9.98 Å². The van der Waals surface area contributed by atoms with Crippen LogP contribution in [0.25, 0.3) is 0 Å². The zero-order valence-electron chi connectivity index (χ0n) is 19.3. The summed E-state index contributed by atoms with van der Waals surface area (Å²) in [5.74, 6) is -1.19. The lowest BCUT2D eigenvalue weighted by Crippen LogP contribution is -2.44. The normalized spacial score (nSPS) is 17.9. The first-order valence-corrected chi connectivity index (χ1v) is 10.9. The number of halogens is 3. The minimum absolute atomic E-state index is 0.112. The molecule has 1 N–H and O–H groups in total. The number of nitrogens with one attached hydrogen (secondary N) is 1. The topological polar surface area (TPSA) is 95.8 Å². The highest BCUT2D eigenvalue weighted by Gasteiger charge is 2.39. The molecule has 1 aromatic rings. The standard InChI is InChI=1S/C22H28F3N5O4/c1-21(2,3)34-20(32)30-11-4-9-26-17(30)15-5-7-16(8-6-15)33-14-13-29-12-10-27-19(29)28-18(31)22(23,24)25/h5-8H,4,9-14H2,1-3H3,(H,27,28,31). The average molecular weight is 483 g/mol. The zero-order valence-corrected chi connectivity index (χ0v) is 19.3. The van der Waals surface area contributed by atoms with Crippen molar-refractivity contribution in [1.29, 1.82) is 0 Å². The van der Waals surface area contributed by atoms with Crippen LogP contribution in [0.2, 0.25) is 0 Å². The third-order valence-electron chi connectivity index (χ3n) is 4.83. The molecule has 0 saturated carbocycles. The summed E-state index contributed by atoms with van der Waals surface area (Å²) in [6, 6.07) is 7.01. The van der Waals surface area contributed by atoms with Crippen LogP contribution in [0.3, 0.4) is 0 Å². The lowest BCUT2D eigenvalue weighted by Gasteiger charge is -2.30. The highest BCUT2D eigenvalue weighted by molar-refractivity contribution is 6.06. The Balaban J connectivity index is 1.57. The van der Waals surface area contributed by atoms with Crippen molar-refractivity contribution < 1.29 is 32.2 Å². The number of hydrogen-bond acceptors (Lipinski definition) is 5. The maximum absolute atomic E-state index is 12.6. The highest BCUT2D eigenvalue weighted by atomic mass is 19.4. The van der Waals surface area contributed by atoms with E-state index in [1.807, 2.05) is 0 Å². The van der Waals surface area contributed by atoms with Gasteiger partial charge in [0.2, 0.25) is 5.96 Å². The molecule has 0 bridgehead atoms. The van der Waals surface area contributed by atoms with Crippen LogP contribution in [0.15, 0.2) is 34.3 Å². The number of alkyl halides is 3. The molecule has 3 rings (SSSR count). The SMILES string of the molecule is CC(C)(C)OC(=O)N1CCCN=C1c1ccc(OCCN2CCNC2=NC(=O)C(F)(F)F)cc1. The first-order valence-electron chi connectivity index (χ1n) is 10.9. The van der Waals surface area contributed by atoms with Gasteiger partial charge in [-0.05, 0) is 51.5 Å². The van der Waals surface area contributed by atoms with E-state index >= 15 is 0 Å². The molecule has 0 atom stereocenters. The number of hydrogen-bond donors (Lipinski definition) is 1. The molecule has 12 heteroatoms. The van der Waals surface area contributed by atoms with Crippen molar-refractivity contribution in [3.63, 3.8) is 0 Å².